The average Bonchev–Trinajstić information content (AvgIpc) is 2.46. The van der Waals surface area contributed by atoms with E-state index in [9.17, 15) is 0 Å². The predicted octanol–water partition coefficient (Wildman–Crippen LogP) is 3.49. The first-order chi connectivity index (χ1) is 9.44. The Kier molecular flexibility index (Phi) is 3.93. The van der Waals surface area contributed by atoms with Crippen molar-refractivity contribution in [2.45, 2.75) is 26.2 Å². The number of ether oxygens (including phenoxy) is 1. The molecule has 0 bridgehead atoms. The number of benzene rings is 1. The number of hydrogen-bond donors (Lipinski definition) is 1. The molecule has 0 saturated heterocycles. The van der Waals surface area contributed by atoms with Gasteiger partial charge in [0, 0.05) is 24.1 Å². The Morgan fingerprint density at radius 2 is 1.85 bits per heavy atom. The molecule has 0 fully saturated rings. The van der Waals surface area contributed by atoms with Gasteiger partial charge in [-0.05, 0) is 12.1 Å². The summed E-state index contributed by atoms with van der Waals surface area (Å²) < 4.78 is 5.27. The van der Waals surface area contributed by atoms with Crippen LogP contribution >= 0.6 is 0 Å². The van der Waals surface area contributed by atoms with Crippen molar-refractivity contribution in [3.05, 3.63) is 36.2 Å². The summed E-state index contributed by atoms with van der Waals surface area (Å²) in [5.74, 6) is 2.47. The minimum atomic E-state index is -0.0967. The van der Waals surface area contributed by atoms with Crippen molar-refractivity contribution < 1.29 is 4.74 Å². The van der Waals surface area contributed by atoms with E-state index in [4.69, 9.17) is 9.72 Å². The molecule has 0 aliphatic heterocycles. The van der Waals surface area contributed by atoms with Crippen LogP contribution in [-0.2, 0) is 5.41 Å². The lowest BCUT2D eigenvalue weighted by molar-refractivity contribution is 0.415. The highest BCUT2D eigenvalue weighted by molar-refractivity contribution is 5.64. The van der Waals surface area contributed by atoms with Crippen LogP contribution in [0, 0.1) is 0 Å². The molecule has 0 unspecified atom stereocenters. The molecule has 20 heavy (non-hydrogen) atoms. The Morgan fingerprint density at radius 1 is 1.10 bits per heavy atom. The molecule has 1 N–H and O–H groups in total. The molecule has 1 aromatic carbocycles. The normalized spacial score (nSPS) is 11.2. The number of aromatic nitrogens is 2. The second-order valence-electron chi connectivity index (χ2n) is 5.69. The zero-order valence-electron chi connectivity index (χ0n) is 12.7. The van der Waals surface area contributed by atoms with Gasteiger partial charge in [0.15, 0.2) is 0 Å². The van der Waals surface area contributed by atoms with E-state index in [1.165, 1.54) is 0 Å². The van der Waals surface area contributed by atoms with Gasteiger partial charge in [0.05, 0.1) is 12.8 Å². The topological polar surface area (TPSA) is 47.0 Å². The van der Waals surface area contributed by atoms with Gasteiger partial charge in [0.2, 0.25) is 0 Å². The van der Waals surface area contributed by atoms with Gasteiger partial charge in [-0.25, -0.2) is 9.97 Å². The summed E-state index contributed by atoms with van der Waals surface area (Å²) in [6, 6.07) is 9.84. The molecule has 106 valence electrons. The lowest BCUT2D eigenvalue weighted by Gasteiger charge is -2.18. The molecule has 0 aliphatic carbocycles. The Bertz CT molecular complexity index is 603. The van der Waals surface area contributed by atoms with Crippen molar-refractivity contribution in [3.63, 3.8) is 0 Å². The fraction of sp³-hybridized carbons (Fsp3) is 0.375. The Morgan fingerprint density at radius 3 is 2.45 bits per heavy atom. The Labute approximate surface area is 120 Å². The molecule has 1 aromatic heterocycles. The van der Waals surface area contributed by atoms with Gasteiger partial charge in [0.1, 0.15) is 17.4 Å². The summed E-state index contributed by atoms with van der Waals surface area (Å²) in [6.07, 6.45) is 0. The number of methoxy groups -OCH3 is 1. The summed E-state index contributed by atoms with van der Waals surface area (Å²) in [5.41, 5.74) is 1.82. The summed E-state index contributed by atoms with van der Waals surface area (Å²) >= 11 is 0. The van der Waals surface area contributed by atoms with Gasteiger partial charge >= 0.3 is 0 Å². The molecule has 0 aliphatic rings. The van der Waals surface area contributed by atoms with Crippen molar-refractivity contribution in [2.75, 3.05) is 19.5 Å². The fourth-order valence-corrected chi connectivity index (χ4v) is 1.84. The second-order valence-corrected chi connectivity index (χ2v) is 5.69. The van der Waals surface area contributed by atoms with E-state index < -0.39 is 0 Å². The van der Waals surface area contributed by atoms with Crippen LogP contribution in [0.25, 0.3) is 11.3 Å². The van der Waals surface area contributed by atoms with Gasteiger partial charge < -0.3 is 10.1 Å². The lowest BCUT2D eigenvalue weighted by atomic mass is 9.95. The van der Waals surface area contributed by atoms with Gasteiger partial charge in [0.25, 0.3) is 0 Å². The molecular formula is C16H21N3O. The van der Waals surface area contributed by atoms with Gasteiger partial charge in [-0.3, -0.25) is 0 Å². The molecule has 1 heterocycles. The van der Waals surface area contributed by atoms with Crippen molar-refractivity contribution in [1.29, 1.82) is 0 Å². The fourth-order valence-electron chi connectivity index (χ4n) is 1.84. The van der Waals surface area contributed by atoms with Crippen LogP contribution in [0.15, 0.2) is 30.3 Å². The maximum atomic E-state index is 5.27. The largest absolute Gasteiger partial charge is 0.497 e. The third-order valence-electron chi connectivity index (χ3n) is 3.02. The van der Waals surface area contributed by atoms with Crippen molar-refractivity contribution >= 4 is 5.82 Å². The van der Waals surface area contributed by atoms with Gasteiger partial charge in [-0.15, -0.1) is 0 Å². The van der Waals surface area contributed by atoms with Crippen LogP contribution in [0.1, 0.15) is 26.6 Å². The lowest BCUT2D eigenvalue weighted by Crippen LogP contribution is -2.17. The van der Waals surface area contributed by atoms with E-state index in [0.29, 0.717) is 0 Å². The summed E-state index contributed by atoms with van der Waals surface area (Å²) in [7, 11) is 3.53. The third-order valence-corrected chi connectivity index (χ3v) is 3.02. The van der Waals surface area contributed by atoms with Crippen LogP contribution < -0.4 is 10.1 Å². The Hall–Kier alpha value is -2.10. The van der Waals surface area contributed by atoms with E-state index in [-0.39, 0.29) is 5.41 Å². The number of hydrogen-bond acceptors (Lipinski definition) is 4. The SMILES string of the molecule is CNc1cc(-c2cccc(OC)c2)nc(C(C)(C)C)n1. The summed E-state index contributed by atoms with van der Waals surface area (Å²) in [6.45, 7) is 6.32. The molecule has 4 nitrogen and oxygen atoms in total. The molecule has 2 rings (SSSR count). The summed E-state index contributed by atoms with van der Waals surface area (Å²) in [5, 5.41) is 3.10. The first kappa shape index (κ1) is 14.3. The van der Waals surface area contributed by atoms with Gasteiger partial charge in [-0.1, -0.05) is 32.9 Å². The molecule has 0 amide bonds. The van der Waals surface area contributed by atoms with E-state index >= 15 is 0 Å². The number of anilines is 1. The van der Waals surface area contributed by atoms with E-state index in [2.05, 4.69) is 31.1 Å². The average molecular weight is 271 g/mol. The van der Waals surface area contributed by atoms with Gasteiger partial charge in [-0.2, -0.15) is 0 Å². The maximum absolute atomic E-state index is 5.27. The zero-order chi connectivity index (χ0) is 14.8. The van der Waals surface area contributed by atoms with E-state index in [0.717, 1.165) is 28.6 Å². The van der Waals surface area contributed by atoms with E-state index in [1.807, 2.05) is 37.4 Å². The standard InChI is InChI=1S/C16H21N3O/c1-16(2,3)15-18-13(10-14(17-4)19-15)11-7-6-8-12(9-11)20-5/h6-10H,1-5H3,(H,17,18,19). The molecule has 0 atom stereocenters. The van der Waals surface area contributed by atoms with Crippen LogP contribution in [0.4, 0.5) is 5.82 Å². The molecule has 0 spiro atoms. The monoisotopic (exact) mass is 271 g/mol. The minimum Gasteiger partial charge on any atom is -0.497 e. The first-order valence-corrected chi connectivity index (χ1v) is 6.66. The van der Waals surface area contributed by atoms with Crippen LogP contribution in [0.2, 0.25) is 0 Å². The van der Waals surface area contributed by atoms with Crippen LogP contribution in [0.3, 0.4) is 0 Å². The number of rotatable bonds is 3. The predicted molar refractivity (Wildman–Crippen MR) is 82.3 cm³/mol. The quantitative estimate of drug-likeness (QED) is 0.928. The highest BCUT2D eigenvalue weighted by Gasteiger charge is 2.19. The molecule has 0 saturated carbocycles. The number of nitrogens with one attached hydrogen (secondary N) is 1. The maximum Gasteiger partial charge on any atom is 0.136 e. The van der Waals surface area contributed by atoms with E-state index in [1.54, 1.807) is 7.11 Å². The Balaban J connectivity index is 2.55. The third kappa shape index (κ3) is 3.07. The smallest absolute Gasteiger partial charge is 0.136 e. The van der Waals surface area contributed by atoms with Crippen molar-refractivity contribution in [2.24, 2.45) is 0 Å². The summed E-state index contributed by atoms with van der Waals surface area (Å²) in [4.78, 5) is 9.23. The van der Waals surface area contributed by atoms with Crippen molar-refractivity contribution in [1.82, 2.24) is 9.97 Å². The van der Waals surface area contributed by atoms with Crippen LogP contribution in [-0.4, -0.2) is 24.1 Å². The molecule has 4 heteroatoms. The highest BCUT2D eigenvalue weighted by atomic mass is 16.5. The highest BCUT2D eigenvalue weighted by Crippen LogP contribution is 2.27. The molecule has 2 aromatic rings. The molecular weight excluding hydrogens is 250 g/mol. The van der Waals surface area contributed by atoms with Crippen LogP contribution in [0.5, 0.6) is 5.75 Å². The minimum absolute atomic E-state index is 0.0967. The van der Waals surface area contributed by atoms with Crippen molar-refractivity contribution in [3.8, 4) is 17.0 Å². The second kappa shape index (κ2) is 5.49. The molecule has 0 radical (unpaired) electrons. The number of nitrogens with zero attached hydrogens (tertiary/aromatic N) is 2. The zero-order valence-corrected chi connectivity index (χ0v) is 12.7. The first-order valence-electron chi connectivity index (χ1n) is 6.66.